The summed E-state index contributed by atoms with van der Waals surface area (Å²) in [4.78, 5) is 23.0. The summed E-state index contributed by atoms with van der Waals surface area (Å²) < 4.78 is 18.1. The Balaban J connectivity index is 1.57. The number of benzene rings is 2. The first kappa shape index (κ1) is 17.9. The van der Waals surface area contributed by atoms with Gasteiger partial charge in [-0.1, -0.05) is 18.2 Å². The summed E-state index contributed by atoms with van der Waals surface area (Å²) in [7, 11) is 0. The fraction of sp³-hybridized carbons (Fsp3) is 0.300. The van der Waals surface area contributed by atoms with Crippen LogP contribution in [-0.4, -0.2) is 29.6 Å². The van der Waals surface area contributed by atoms with E-state index in [4.69, 9.17) is 9.84 Å². The summed E-state index contributed by atoms with van der Waals surface area (Å²) in [5.74, 6) is -0.878. The monoisotopic (exact) mass is 357 g/mol. The Bertz CT molecular complexity index is 791. The fourth-order valence-corrected chi connectivity index (χ4v) is 3.29. The minimum Gasteiger partial charge on any atom is -0.482 e. The number of aliphatic carboxylic acids is 1. The molecule has 0 heterocycles. The Morgan fingerprint density at radius 1 is 1.15 bits per heavy atom. The molecule has 0 aliphatic heterocycles. The molecule has 1 fully saturated rings. The van der Waals surface area contributed by atoms with Gasteiger partial charge in [0, 0.05) is 11.6 Å². The number of hydrogen-bond donors (Lipinski definition) is 2. The van der Waals surface area contributed by atoms with Gasteiger partial charge in [-0.3, -0.25) is 4.79 Å². The van der Waals surface area contributed by atoms with E-state index in [1.165, 1.54) is 18.2 Å². The van der Waals surface area contributed by atoms with E-state index >= 15 is 0 Å². The van der Waals surface area contributed by atoms with Gasteiger partial charge < -0.3 is 15.2 Å². The molecule has 0 saturated heterocycles. The smallest absolute Gasteiger partial charge is 0.341 e. The summed E-state index contributed by atoms with van der Waals surface area (Å²) in [6.45, 7) is -0.451. The van der Waals surface area contributed by atoms with Crippen LogP contribution in [0.3, 0.4) is 0 Å². The number of rotatable bonds is 6. The maximum Gasteiger partial charge on any atom is 0.341 e. The predicted octanol–water partition coefficient (Wildman–Crippen LogP) is 3.36. The standard InChI is InChI=1S/C20H20FNO4/c21-16-7-4-13(5-8-16)14-6-9-17(10-14)22-20(25)15-2-1-3-18(11-15)26-12-19(23)24/h1-5,7-8,11,14,17H,6,9-10,12H2,(H,22,25)(H,23,24). The zero-order valence-corrected chi connectivity index (χ0v) is 14.2. The molecule has 0 aromatic heterocycles. The van der Waals surface area contributed by atoms with Crippen LogP contribution >= 0.6 is 0 Å². The highest BCUT2D eigenvalue weighted by molar-refractivity contribution is 5.94. The molecule has 2 unspecified atom stereocenters. The molecule has 1 amide bonds. The van der Waals surface area contributed by atoms with E-state index in [2.05, 4.69) is 5.32 Å². The number of amides is 1. The van der Waals surface area contributed by atoms with Crippen LogP contribution in [0, 0.1) is 5.82 Å². The number of ether oxygens (including phenoxy) is 1. The number of nitrogens with one attached hydrogen (secondary N) is 1. The molecule has 0 spiro atoms. The summed E-state index contributed by atoms with van der Waals surface area (Å²) in [5.41, 5.74) is 1.52. The molecule has 6 heteroatoms. The second kappa shape index (κ2) is 7.99. The molecule has 136 valence electrons. The first-order valence-electron chi connectivity index (χ1n) is 8.52. The summed E-state index contributed by atoms with van der Waals surface area (Å²) >= 11 is 0. The van der Waals surface area contributed by atoms with E-state index in [1.807, 2.05) is 0 Å². The molecule has 0 bridgehead atoms. The number of carbonyl (C=O) groups is 2. The van der Waals surface area contributed by atoms with Gasteiger partial charge in [0.05, 0.1) is 0 Å². The lowest BCUT2D eigenvalue weighted by molar-refractivity contribution is -0.139. The van der Waals surface area contributed by atoms with Crippen molar-refractivity contribution in [3.63, 3.8) is 0 Å². The van der Waals surface area contributed by atoms with Crippen molar-refractivity contribution in [1.82, 2.24) is 5.32 Å². The molecule has 26 heavy (non-hydrogen) atoms. The molecule has 2 aromatic rings. The summed E-state index contributed by atoms with van der Waals surface area (Å²) in [6, 6.07) is 13.0. The number of carboxylic acids is 1. The Morgan fingerprint density at radius 2 is 1.92 bits per heavy atom. The van der Waals surface area contributed by atoms with Crippen molar-refractivity contribution in [1.29, 1.82) is 0 Å². The van der Waals surface area contributed by atoms with E-state index in [-0.39, 0.29) is 17.8 Å². The largest absolute Gasteiger partial charge is 0.482 e. The third kappa shape index (κ3) is 4.59. The first-order valence-corrected chi connectivity index (χ1v) is 8.52. The average molecular weight is 357 g/mol. The van der Waals surface area contributed by atoms with Crippen LogP contribution in [-0.2, 0) is 4.79 Å². The zero-order valence-electron chi connectivity index (χ0n) is 14.2. The Kier molecular flexibility index (Phi) is 5.51. The SMILES string of the molecule is O=C(O)COc1cccc(C(=O)NC2CCC(c3ccc(F)cc3)C2)c1. The van der Waals surface area contributed by atoms with Gasteiger partial charge in [0.2, 0.25) is 0 Å². The van der Waals surface area contributed by atoms with Crippen molar-refractivity contribution in [2.45, 2.75) is 31.2 Å². The van der Waals surface area contributed by atoms with Gasteiger partial charge in [-0.25, -0.2) is 9.18 Å². The Morgan fingerprint density at radius 3 is 2.65 bits per heavy atom. The first-order chi connectivity index (χ1) is 12.5. The molecule has 1 aliphatic carbocycles. The third-order valence-electron chi connectivity index (χ3n) is 4.57. The van der Waals surface area contributed by atoms with Crippen LogP contribution in [0.4, 0.5) is 4.39 Å². The maximum absolute atomic E-state index is 13.0. The highest BCUT2D eigenvalue weighted by atomic mass is 19.1. The van der Waals surface area contributed by atoms with Crippen LogP contribution in [0.1, 0.15) is 41.1 Å². The second-order valence-electron chi connectivity index (χ2n) is 6.44. The van der Waals surface area contributed by atoms with Gasteiger partial charge >= 0.3 is 5.97 Å². The van der Waals surface area contributed by atoms with E-state index in [0.717, 1.165) is 24.8 Å². The van der Waals surface area contributed by atoms with E-state index in [0.29, 0.717) is 17.2 Å². The lowest BCUT2D eigenvalue weighted by Crippen LogP contribution is -2.32. The van der Waals surface area contributed by atoms with Crippen molar-refractivity contribution < 1.29 is 23.8 Å². The molecule has 2 N–H and O–H groups in total. The van der Waals surface area contributed by atoms with Gasteiger partial charge in [-0.2, -0.15) is 0 Å². The minimum atomic E-state index is -1.07. The number of halogens is 1. The Hall–Kier alpha value is -2.89. The molecular formula is C20H20FNO4. The summed E-state index contributed by atoms with van der Waals surface area (Å²) in [5, 5.41) is 11.7. The van der Waals surface area contributed by atoms with Crippen LogP contribution < -0.4 is 10.1 Å². The van der Waals surface area contributed by atoms with E-state index in [1.54, 1.807) is 30.3 Å². The van der Waals surface area contributed by atoms with Crippen molar-refractivity contribution in [3.05, 3.63) is 65.5 Å². The molecule has 1 saturated carbocycles. The maximum atomic E-state index is 13.0. The number of carboxylic acid groups (broad SMARTS) is 1. The van der Waals surface area contributed by atoms with Gasteiger partial charge in [-0.05, 0) is 61.1 Å². The van der Waals surface area contributed by atoms with Crippen LogP contribution in [0.5, 0.6) is 5.75 Å². The normalized spacial score (nSPS) is 19.1. The van der Waals surface area contributed by atoms with Crippen LogP contribution in [0.15, 0.2) is 48.5 Å². The number of carbonyl (C=O) groups excluding carboxylic acids is 1. The lowest BCUT2D eigenvalue weighted by atomic mass is 9.97. The molecule has 1 aliphatic rings. The third-order valence-corrected chi connectivity index (χ3v) is 4.57. The quantitative estimate of drug-likeness (QED) is 0.831. The van der Waals surface area contributed by atoms with E-state index < -0.39 is 12.6 Å². The van der Waals surface area contributed by atoms with Crippen molar-refractivity contribution >= 4 is 11.9 Å². The van der Waals surface area contributed by atoms with Gasteiger partial charge in [-0.15, -0.1) is 0 Å². The lowest BCUT2D eigenvalue weighted by Gasteiger charge is -2.14. The molecule has 3 rings (SSSR count). The van der Waals surface area contributed by atoms with E-state index in [9.17, 15) is 14.0 Å². The fourth-order valence-electron chi connectivity index (χ4n) is 3.29. The average Bonchev–Trinajstić information content (AvgIpc) is 3.09. The number of hydrogen-bond acceptors (Lipinski definition) is 3. The highest BCUT2D eigenvalue weighted by Gasteiger charge is 2.27. The van der Waals surface area contributed by atoms with Crippen molar-refractivity contribution in [2.75, 3.05) is 6.61 Å². The molecule has 2 atom stereocenters. The van der Waals surface area contributed by atoms with Crippen LogP contribution in [0.2, 0.25) is 0 Å². The molecule has 5 nitrogen and oxygen atoms in total. The summed E-state index contributed by atoms with van der Waals surface area (Å²) in [6.07, 6.45) is 2.62. The predicted molar refractivity (Wildman–Crippen MR) is 93.8 cm³/mol. The minimum absolute atomic E-state index is 0.0566. The topological polar surface area (TPSA) is 75.6 Å². The molecule has 2 aromatic carbocycles. The highest BCUT2D eigenvalue weighted by Crippen LogP contribution is 2.34. The second-order valence-corrected chi connectivity index (χ2v) is 6.44. The van der Waals surface area contributed by atoms with Gasteiger partial charge in [0.1, 0.15) is 11.6 Å². The van der Waals surface area contributed by atoms with Gasteiger partial charge in [0.15, 0.2) is 6.61 Å². The van der Waals surface area contributed by atoms with Crippen LogP contribution in [0.25, 0.3) is 0 Å². The van der Waals surface area contributed by atoms with Crippen molar-refractivity contribution in [3.8, 4) is 5.75 Å². The Labute approximate surface area is 150 Å². The molecular weight excluding hydrogens is 337 g/mol. The zero-order chi connectivity index (χ0) is 18.5. The molecule has 0 radical (unpaired) electrons. The van der Waals surface area contributed by atoms with Crippen molar-refractivity contribution in [2.24, 2.45) is 0 Å². The van der Waals surface area contributed by atoms with Gasteiger partial charge in [0.25, 0.3) is 5.91 Å².